The van der Waals surface area contributed by atoms with Crippen molar-refractivity contribution >= 4 is 0 Å². The first kappa shape index (κ1) is 24.1. The van der Waals surface area contributed by atoms with Crippen molar-refractivity contribution in [2.45, 2.75) is 46.0 Å². The summed E-state index contributed by atoms with van der Waals surface area (Å²) in [5.74, 6) is 2.03. The Morgan fingerprint density at radius 2 is 1.66 bits per heavy atom. The van der Waals surface area contributed by atoms with Crippen LogP contribution in [0, 0.1) is 18.3 Å². The second-order valence-electron chi connectivity index (χ2n) is 6.64. The van der Waals surface area contributed by atoms with Crippen molar-refractivity contribution in [2.75, 3.05) is 14.2 Å². The average Bonchev–Trinajstić information content (AvgIpc) is 3.17. The van der Waals surface area contributed by atoms with Crippen LogP contribution in [0.1, 0.15) is 49.6 Å². The molecule has 0 amide bonds. The van der Waals surface area contributed by atoms with Gasteiger partial charge >= 0.3 is 0 Å². The monoisotopic (exact) mass is 393 g/mol. The summed E-state index contributed by atoms with van der Waals surface area (Å²) >= 11 is 0. The number of methoxy groups -OCH3 is 1. The molecule has 1 aromatic heterocycles. The molecule has 1 aliphatic rings. The number of ether oxygens (including phenoxy) is 1. The van der Waals surface area contributed by atoms with E-state index in [1.807, 2.05) is 30.3 Å². The minimum atomic E-state index is 0.577. The fraction of sp³-hybridized carbons (Fsp3) is 0.375. The highest BCUT2D eigenvalue weighted by Gasteiger charge is 2.14. The summed E-state index contributed by atoms with van der Waals surface area (Å²) in [6, 6.07) is 20.3. The second kappa shape index (κ2) is 14.1. The van der Waals surface area contributed by atoms with Gasteiger partial charge in [0.1, 0.15) is 0 Å². The Kier molecular flexibility index (Phi) is 11.7. The van der Waals surface area contributed by atoms with E-state index in [4.69, 9.17) is 9.78 Å². The summed E-state index contributed by atoms with van der Waals surface area (Å²) < 4.78 is 9.24. The van der Waals surface area contributed by atoms with Crippen molar-refractivity contribution in [1.82, 2.24) is 10.1 Å². The normalized spacial score (nSPS) is 13.7. The Balaban J connectivity index is 0.000000230. The number of hydrogen-bond acceptors (Lipinski definition) is 5. The lowest BCUT2D eigenvalue weighted by atomic mass is 9.84. The van der Waals surface area contributed by atoms with Crippen LogP contribution in [-0.2, 0) is 11.2 Å². The SMILES string of the molecule is CC#N.COC.C[C@H]1CCCc2ccccc21.Cc1noc(-c2ccccc2)n1. The highest BCUT2D eigenvalue weighted by molar-refractivity contribution is 5.51. The summed E-state index contributed by atoms with van der Waals surface area (Å²) in [7, 11) is 3.25. The van der Waals surface area contributed by atoms with Gasteiger partial charge in [-0.3, -0.25) is 0 Å². The van der Waals surface area contributed by atoms with Crippen LogP contribution >= 0.6 is 0 Å². The molecule has 0 radical (unpaired) electrons. The van der Waals surface area contributed by atoms with E-state index in [1.165, 1.54) is 26.2 Å². The van der Waals surface area contributed by atoms with E-state index in [-0.39, 0.29) is 0 Å². The van der Waals surface area contributed by atoms with E-state index in [2.05, 4.69) is 46.1 Å². The second-order valence-corrected chi connectivity index (χ2v) is 6.64. The molecule has 0 bridgehead atoms. The molecule has 0 aliphatic heterocycles. The molecule has 0 N–H and O–H groups in total. The standard InChI is InChI=1S/C11H14.C9H8N2O.C2H3N.C2H6O/c1-9-5-4-7-10-6-2-3-8-11(9)10;1-7-10-9(12-11-7)8-5-3-2-4-6-8;1-2-3;1-3-2/h2-3,6,8-9H,4-5,7H2,1H3;2-6H,1H3;1H3;1-2H3/t9-;;;/m0.../s1. The molecule has 5 nitrogen and oxygen atoms in total. The molecule has 1 atom stereocenters. The van der Waals surface area contributed by atoms with Crippen molar-refractivity contribution in [2.24, 2.45) is 0 Å². The molecule has 5 heteroatoms. The zero-order valence-corrected chi connectivity index (χ0v) is 18.1. The molecule has 0 saturated heterocycles. The molecule has 0 spiro atoms. The predicted molar refractivity (Wildman–Crippen MR) is 116 cm³/mol. The minimum Gasteiger partial charge on any atom is -0.388 e. The van der Waals surface area contributed by atoms with Crippen LogP contribution in [0.25, 0.3) is 11.5 Å². The number of rotatable bonds is 1. The molecule has 1 heterocycles. The van der Waals surface area contributed by atoms with Crippen molar-refractivity contribution in [3.63, 3.8) is 0 Å². The topological polar surface area (TPSA) is 71.9 Å². The minimum absolute atomic E-state index is 0.577. The van der Waals surface area contributed by atoms with Crippen molar-refractivity contribution in [3.05, 3.63) is 71.5 Å². The molecule has 154 valence electrons. The van der Waals surface area contributed by atoms with Gasteiger partial charge in [0.15, 0.2) is 5.82 Å². The highest BCUT2D eigenvalue weighted by atomic mass is 16.5. The van der Waals surface area contributed by atoms with Gasteiger partial charge < -0.3 is 9.26 Å². The number of aromatic nitrogens is 2. The van der Waals surface area contributed by atoms with E-state index in [0.717, 1.165) is 11.5 Å². The highest BCUT2D eigenvalue weighted by Crippen LogP contribution is 2.30. The van der Waals surface area contributed by atoms with E-state index in [1.54, 1.807) is 38.3 Å². The van der Waals surface area contributed by atoms with Crippen LogP contribution in [-0.4, -0.2) is 24.4 Å². The van der Waals surface area contributed by atoms with Crippen LogP contribution in [0.15, 0.2) is 59.1 Å². The number of nitriles is 1. The summed E-state index contributed by atoms with van der Waals surface area (Å²) in [5, 5.41) is 11.0. The molecule has 0 saturated carbocycles. The van der Waals surface area contributed by atoms with Gasteiger partial charge in [-0.05, 0) is 55.4 Å². The quantitative estimate of drug-likeness (QED) is 0.510. The molecular weight excluding hydrogens is 362 g/mol. The first-order valence-electron chi connectivity index (χ1n) is 9.71. The number of hydrogen-bond donors (Lipinski definition) is 0. The summed E-state index contributed by atoms with van der Waals surface area (Å²) in [6.07, 6.45) is 4.04. The first-order valence-corrected chi connectivity index (χ1v) is 9.71. The van der Waals surface area contributed by atoms with Crippen LogP contribution in [0.3, 0.4) is 0 Å². The van der Waals surface area contributed by atoms with Gasteiger partial charge in [0.2, 0.25) is 0 Å². The summed E-state index contributed by atoms with van der Waals surface area (Å²) in [5.41, 5.74) is 4.11. The molecule has 4 rings (SSSR count). The first-order chi connectivity index (χ1) is 14.1. The number of benzene rings is 2. The summed E-state index contributed by atoms with van der Waals surface area (Å²) in [6.45, 7) is 5.56. The van der Waals surface area contributed by atoms with Gasteiger partial charge in [0, 0.05) is 26.7 Å². The van der Waals surface area contributed by atoms with Gasteiger partial charge in [-0.15, -0.1) is 0 Å². The van der Waals surface area contributed by atoms with Gasteiger partial charge in [0.25, 0.3) is 5.89 Å². The van der Waals surface area contributed by atoms with E-state index in [9.17, 15) is 0 Å². The Hall–Kier alpha value is -2.97. The third-order valence-corrected chi connectivity index (χ3v) is 4.22. The Labute approximate surface area is 174 Å². The fourth-order valence-corrected chi connectivity index (χ4v) is 2.99. The van der Waals surface area contributed by atoms with Gasteiger partial charge in [-0.25, -0.2) is 0 Å². The van der Waals surface area contributed by atoms with Gasteiger partial charge in [-0.1, -0.05) is 54.5 Å². The molecule has 0 fully saturated rings. The van der Waals surface area contributed by atoms with Gasteiger partial charge in [0.05, 0.1) is 6.07 Å². The number of nitrogens with zero attached hydrogens (tertiary/aromatic N) is 3. The van der Waals surface area contributed by atoms with E-state index < -0.39 is 0 Å². The maximum Gasteiger partial charge on any atom is 0.257 e. The van der Waals surface area contributed by atoms with E-state index in [0.29, 0.717) is 11.7 Å². The lowest BCUT2D eigenvalue weighted by Gasteiger charge is -2.21. The lowest BCUT2D eigenvalue weighted by molar-refractivity contribution is 0.277. The molecular formula is C24H31N3O2. The van der Waals surface area contributed by atoms with E-state index >= 15 is 0 Å². The van der Waals surface area contributed by atoms with Crippen LogP contribution in [0.5, 0.6) is 0 Å². The third kappa shape index (κ3) is 8.71. The zero-order valence-electron chi connectivity index (χ0n) is 18.1. The maximum absolute atomic E-state index is 7.32. The summed E-state index contributed by atoms with van der Waals surface area (Å²) in [4.78, 5) is 4.10. The Morgan fingerprint density at radius 1 is 1.07 bits per heavy atom. The smallest absolute Gasteiger partial charge is 0.257 e. The van der Waals surface area contributed by atoms with Crippen LogP contribution in [0.2, 0.25) is 0 Å². The molecule has 1 aliphatic carbocycles. The third-order valence-electron chi connectivity index (χ3n) is 4.22. The predicted octanol–water partition coefficient (Wildman–Crippen LogP) is 5.96. The molecule has 29 heavy (non-hydrogen) atoms. The Bertz CT molecular complexity index is 854. The largest absolute Gasteiger partial charge is 0.388 e. The molecule has 0 unspecified atom stereocenters. The zero-order chi connectivity index (χ0) is 21.5. The molecule has 2 aromatic carbocycles. The average molecular weight is 394 g/mol. The van der Waals surface area contributed by atoms with Gasteiger partial charge in [-0.2, -0.15) is 10.2 Å². The Morgan fingerprint density at radius 3 is 2.21 bits per heavy atom. The number of aryl methyl sites for hydroxylation is 2. The van der Waals surface area contributed by atoms with Crippen molar-refractivity contribution < 1.29 is 9.26 Å². The maximum atomic E-state index is 7.32. The fourth-order valence-electron chi connectivity index (χ4n) is 2.99. The van der Waals surface area contributed by atoms with Crippen LogP contribution < -0.4 is 0 Å². The number of fused-ring (bicyclic) bond motifs is 1. The van der Waals surface area contributed by atoms with Crippen molar-refractivity contribution in [1.29, 1.82) is 5.26 Å². The van der Waals surface area contributed by atoms with Crippen molar-refractivity contribution in [3.8, 4) is 17.5 Å². The molecule has 3 aromatic rings. The lowest BCUT2D eigenvalue weighted by Crippen LogP contribution is -2.05. The van der Waals surface area contributed by atoms with Crippen LogP contribution in [0.4, 0.5) is 0 Å².